The Morgan fingerprint density at radius 2 is 1.11 bits per heavy atom. The van der Waals surface area contributed by atoms with Crippen LogP contribution in [0.2, 0.25) is 13.6 Å². The molecule has 0 aliphatic carbocycles. The summed E-state index contributed by atoms with van der Waals surface area (Å²) in [7, 11) is 4.46. The van der Waals surface area contributed by atoms with Gasteiger partial charge in [-0.05, 0) is 125 Å². The van der Waals surface area contributed by atoms with Crippen molar-refractivity contribution in [2.75, 3.05) is 51.2 Å². The first-order valence-corrected chi connectivity index (χ1v) is 24.3. The molecule has 2 atom stereocenters. The van der Waals surface area contributed by atoms with Crippen LogP contribution in [-0.2, 0) is 54.3 Å². The fourth-order valence-electron chi connectivity index (χ4n) is 8.57. The minimum atomic E-state index is -0.582. The second-order valence-electron chi connectivity index (χ2n) is 17.7. The lowest BCUT2D eigenvalue weighted by Crippen LogP contribution is -2.38. The maximum absolute atomic E-state index is 12.7. The Hall–Kier alpha value is -6.27. The molecule has 70 heavy (non-hydrogen) atoms. The predicted octanol–water partition coefficient (Wildman–Crippen LogP) is 6.08. The van der Waals surface area contributed by atoms with Crippen LogP contribution in [0, 0.1) is 0 Å². The zero-order chi connectivity index (χ0) is 50.4. The molecule has 0 saturated heterocycles. The van der Waals surface area contributed by atoms with Gasteiger partial charge in [-0.25, -0.2) is 29.9 Å². The maximum Gasteiger partial charge on any atom is 0.410 e. The van der Waals surface area contributed by atoms with E-state index in [9.17, 15) is 29.2 Å². The maximum atomic E-state index is 12.7. The topological polar surface area (TPSA) is 229 Å². The third-order valence-electron chi connectivity index (χ3n) is 12.5. The number of carbonyl (C=O) groups excluding carboxylic acids is 4. The van der Waals surface area contributed by atoms with Gasteiger partial charge in [0, 0.05) is 80.4 Å². The highest BCUT2D eigenvalue weighted by Gasteiger charge is 2.26. The molecule has 2 N–H and O–H groups in total. The van der Waals surface area contributed by atoms with E-state index in [1.165, 1.54) is 34.0 Å². The molecule has 0 unspecified atom stereocenters. The molecule has 0 amide bonds. The number of anilines is 2. The third-order valence-corrected chi connectivity index (χ3v) is 12.5. The number of hydrogen-bond acceptors (Lipinski definition) is 18. The van der Waals surface area contributed by atoms with Crippen LogP contribution in [0.5, 0.6) is 12.0 Å². The lowest BCUT2D eigenvalue weighted by molar-refractivity contribution is -0.142. The fourth-order valence-corrected chi connectivity index (χ4v) is 8.57. The van der Waals surface area contributed by atoms with Crippen molar-refractivity contribution in [3.63, 3.8) is 0 Å². The first kappa shape index (κ1) is 54.7. The average Bonchev–Trinajstić information content (AvgIpc) is 3.73. The number of ether oxygens (including phenoxy) is 4. The molecule has 0 radical (unpaired) electrons. The number of rotatable bonds is 23. The smallest absolute Gasteiger partial charge is 0.410 e. The van der Waals surface area contributed by atoms with Crippen molar-refractivity contribution in [2.24, 2.45) is 0 Å². The molecule has 18 nitrogen and oxygen atoms in total. The van der Waals surface area contributed by atoms with E-state index in [0.717, 1.165) is 99.5 Å². The fraction of sp³-hybridized carbons (Fsp3) is 0.520. The summed E-state index contributed by atoms with van der Waals surface area (Å²) in [6, 6.07) is 8.76. The number of unbranched alkanes of at least 4 members (excludes halogenated alkanes) is 1. The second kappa shape index (κ2) is 28.4. The minimum absolute atomic E-state index is 0.0601. The van der Waals surface area contributed by atoms with Crippen LogP contribution < -0.4 is 19.1 Å². The van der Waals surface area contributed by atoms with E-state index in [1.54, 1.807) is 44.5 Å². The number of allylic oxidation sites excluding steroid dienone is 2. The molecule has 2 aliphatic rings. The van der Waals surface area contributed by atoms with Gasteiger partial charge in [0.05, 0.1) is 41.3 Å². The molecule has 0 fully saturated rings. The number of aromatic nitrogens is 6. The van der Waals surface area contributed by atoms with Crippen LogP contribution in [0.4, 0.5) is 11.6 Å². The SMILES string of the molecule is COC(=O)C[C@H](CC(=O)/C=C/CCc1ccc2c(n1)N(B(C)O)CCCC2)c1cnc(OC)nc1.COC(=O)C[C@H](CC(=O)CCCCc1ccc2c(n1)N(B(C)O)CCCC2)c1cnc(OC)nc1. The Morgan fingerprint density at radius 3 is 1.57 bits per heavy atom. The van der Waals surface area contributed by atoms with E-state index < -0.39 is 20.1 Å². The average molecular weight is 963 g/mol. The Bertz CT molecular complexity index is 2340. The van der Waals surface area contributed by atoms with Crippen LogP contribution in [0.15, 0.2) is 61.2 Å². The number of ketones is 2. The number of aryl methyl sites for hydroxylation is 4. The first-order valence-electron chi connectivity index (χ1n) is 24.3. The predicted molar refractivity (Wildman–Crippen MR) is 267 cm³/mol. The number of methoxy groups -OCH3 is 4. The third kappa shape index (κ3) is 17.0. The van der Waals surface area contributed by atoms with Crippen molar-refractivity contribution < 1.29 is 48.2 Å². The zero-order valence-electron chi connectivity index (χ0n) is 41.5. The van der Waals surface area contributed by atoms with Crippen LogP contribution >= 0.6 is 0 Å². The van der Waals surface area contributed by atoms with Crippen molar-refractivity contribution in [2.45, 2.75) is 128 Å². The Morgan fingerprint density at radius 1 is 0.643 bits per heavy atom. The minimum Gasteiger partial charge on any atom is -0.469 e. The number of pyridine rings is 2. The van der Waals surface area contributed by atoms with Gasteiger partial charge in [-0.1, -0.05) is 18.2 Å². The molecular weight excluding hydrogens is 894 g/mol. The van der Waals surface area contributed by atoms with E-state index in [0.29, 0.717) is 30.4 Å². The van der Waals surface area contributed by atoms with Crippen molar-refractivity contribution in [1.29, 1.82) is 0 Å². The standard InChI is InChI=1S/C25H35BN4O5.C25H33BN4O5/c2*1-26(33)30-13-7-6-8-18-11-12-21(29-24(18)30)9-4-5-10-22(31)14-19(15-23(32)34-2)20-16-27-25(35-3)28-17-20/h11-12,16-17,19,33H,4-10,13-15H2,1-3H3;5,10-12,16-17,19,33H,4,6-9,13-15H2,1-3H3/b;10-5+/t2*19-/m00/s1. The second-order valence-corrected chi connectivity index (χ2v) is 17.7. The molecule has 374 valence electrons. The Kier molecular flexibility index (Phi) is 22.2. The van der Waals surface area contributed by atoms with E-state index in [2.05, 4.69) is 38.1 Å². The largest absolute Gasteiger partial charge is 0.469 e. The number of fused-ring (bicyclic) bond motifs is 2. The molecule has 6 heterocycles. The van der Waals surface area contributed by atoms with Gasteiger partial charge in [-0.2, -0.15) is 0 Å². The number of Topliss-reactive ketones (excluding diaryl/α,β-unsaturated/α-hetero) is 1. The highest BCUT2D eigenvalue weighted by atomic mass is 16.5. The van der Waals surface area contributed by atoms with Crippen molar-refractivity contribution >= 4 is 49.2 Å². The number of hydrogen-bond donors (Lipinski definition) is 2. The number of nitrogens with zero attached hydrogens (tertiary/aromatic N) is 8. The Labute approximate surface area is 412 Å². The van der Waals surface area contributed by atoms with Gasteiger partial charge in [0.15, 0.2) is 5.78 Å². The molecule has 2 aliphatic heterocycles. The summed E-state index contributed by atoms with van der Waals surface area (Å²) in [5.41, 5.74) is 5.63. The lowest BCUT2D eigenvalue weighted by atomic mass is 9.84. The first-order chi connectivity index (χ1) is 33.8. The zero-order valence-corrected chi connectivity index (χ0v) is 41.5. The van der Waals surface area contributed by atoms with Gasteiger partial charge >= 0.3 is 38.1 Å². The molecule has 0 spiro atoms. The van der Waals surface area contributed by atoms with Gasteiger partial charge in [0.25, 0.3) is 0 Å². The van der Waals surface area contributed by atoms with E-state index in [4.69, 9.17) is 28.9 Å². The van der Waals surface area contributed by atoms with Crippen molar-refractivity contribution in [3.05, 3.63) is 94.8 Å². The molecule has 4 aromatic rings. The highest BCUT2D eigenvalue weighted by molar-refractivity contribution is 6.54. The van der Waals surface area contributed by atoms with Gasteiger partial charge in [0.2, 0.25) is 0 Å². The normalized spacial score (nSPS) is 14.1. The van der Waals surface area contributed by atoms with E-state index in [1.807, 2.05) is 21.8 Å². The molecule has 20 heteroatoms. The summed E-state index contributed by atoms with van der Waals surface area (Å²) in [5, 5.41) is 20.3. The van der Waals surface area contributed by atoms with Crippen LogP contribution in [0.1, 0.15) is 123 Å². The monoisotopic (exact) mass is 963 g/mol. The summed E-state index contributed by atoms with van der Waals surface area (Å²) in [4.78, 5) is 79.0. The van der Waals surface area contributed by atoms with E-state index >= 15 is 0 Å². The molecule has 6 rings (SSSR count). The molecule has 0 aromatic carbocycles. The lowest BCUT2D eigenvalue weighted by Gasteiger charge is -2.25. The van der Waals surface area contributed by atoms with Crippen LogP contribution in [0.25, 0.3) is 0 Å². The highest BCUT2D eigenvalue weighted by Crippen LogP contribution is 2.29. The molecular formula is C50H68B2N8O10. The van der Waals surface area contributed by atoms with Crippen molar-refractivity contribution in [1.82, 2.24) is 29.9 Å². The quantitative estimate of drug-likeness (QED) is 0.0371. The van der Waals surface area contributed by atoms with Gasteiger partial charge in [-0.3, -0.25) is 19.2 Å². The summed E-state index contributed by atoms with van der Waals surface area (Å²) >= 11 is 0. The Balaban J connectivity index is 0.000000261. The summed E-state index contributed by atoms with van der Waals surface area (Å²) in [6.45, 7) is 5.15. The summed E-state index contributed by atoms with van der Waals surface area (Å²) < 4.78 is 19.6. The van der Waals surface area contributed by atoms with Crippen LogP contribution in [0.3, 0.4) is 0 Å². The van der Waals surface area contributed by atoms with Crippen LogP contribution in [-0.4, -0.2) is 119 Å². The molecule has 4 aromatic heterocycles. The molecule has 0 saturated carbocycles. The molecule has 0 bridgehead atoms. The van der Waals surface area contributed by atoms with E-state index in [-0.39, 0.29) is 67.1 Å². The summed E-state index contributed by atoms with van der Waals surface area (Å²) in [5.74, 6) is 0.250. The summed E-state index contributed by atoms with van der Waals surface area (Å²) in [6.07, 6.45) is 20.5. The number of carbonyl (C=O) groups is 4. The van der Waals surface area contributed by atoms with Crippen molar-refractivity contribution in [3.8, 4) is 12.0 Å². The van der Waals surface area contributed by atoms with Gasteiger partial charge in [-0.15, -0.1) is 0 Å². The number of esters is 2. The van der Waals surface area contributed by atoms with Gasteiger partial charge in [0.1, 0.15) is 17.4 Å². The van der Waals surface area contributed by atoms with Gasteiger partial charge < -0.3 is 38.6 Å².